The van der Waals surface area contributed by atoms with Crippen molar-refractivity contribution in [2.75, 3.05) is 11.9 Å². The fourth-order valence-electron chi connectivity index (χ4n) is 1.63. The minimum atomic E-state index is -0.805. The fraction of sp³-hybridized carbons (Fsp3) is 0.500. The monoisotopic (exact) mass is 267 g/mol. The summed E-state index contributed by atoms with van der Waals surface area (Å²) in [7, 11) is 0. The van der Waals surface area contributed by atoms with Crippen LogP contribution < -0.4 is 5.32 Å². The van der Waals surface area contributed by atoms with Crippen LogP contribution in [-0.2, 0) is 4.79 Å². The van der Waals surface area contributed by atoms with Gasteiger partial charge in [0.1, 0.15) is 0 Å². The summed E-state index contributed by atoms with van der Waals surface area (Å²) >= 11 is 0. The van der Waals surface area contributed by atoms with E-state index in [9.17, 15) is 14.9 Å². The van der Waals surface area contributed by atoms with E-state index in [1.54, 1.807) is 0 Å². The lowest BCUT2D eigenvalue weighted by atomic mass is 10.0. The molecule has 7 heteroatoms. The molecule has 0 bridgehead atoms. The summed E-state index contributed by atoms with van der Waals surface area (Å²) in [5.74, 6) is -0.315. The summed E-state index contributed by atoms with van der Waals surface area (Å²) in [6.07, 6.45) is 2.97. The van der Waals surface area contributed by atoms with Gasteiger partial charge in [0, 0.05) is 25.2 Å². The van der Waals surface area contributed by atoms with Crippen molar-refractivity contribution in [1.82, 2.24) is 4.98 Å². The highest BCUT2D eigenvalue weighted by Crippen LogP contribution is 2.20. The summed E-state index contributed by atoms with van der Waals surface area (Å²) in [6, 6.07) is 2.90. The third-order valence-corrected chi connectivity index (χ3v) is 2.76. The minimum Gasteiger partial charge on any atom is -0.481 e. The van der Waals surface area contributed by atoms with Crippen molar-refractivity contribution in [2.45, 2.75) is 26.2 Å². The highest BCUT2D eigenvalue weighted by molar-refractivity contribution is 5.66. The number of carboxylic acids is 1. The maximum atomic E-state index is 10.8. The number of nitrogens with zero attached hydrogens (tertiary/aromatic N) is 2. The molecule has 104 valence electrons. The number of nitro groups is 1. The Balaban J connectivity index is 2.41. The molecular weight excluding hydrogens is 250 g/mol. The summed E-state index contributed by atoms with van der Waals surface area (Å²) in [5.41, 5.74) is -0.0549. The first-order valence-electron chi connectivity index (χ1n) is 6.05. The van der Waals surface area contributed by atoms with Gasteiger partial charge >= 0.3 is 11.7 Å². The molecule has 1 aromatic rings. The summed E-state index contributed by atoms with van der Waals surface area (Å²) in [4.78, 5) is 24.6. The Morgan fingerprint density at radius 1 is 1.58 bits per heavy atom. The molecule has 0 aromatic carbocycles. The normalized spacial score (nSPS) is 11.8. The van der Waals surface area contributed by atoms with E-state index in [0.29, 0.717) is 13.0 Å². The number of hydrogen-bond acceptors (Lipinski definition) is 5. The predicted octanol–water partition coefficient (Wildman–Crippen LogP) is 2.29. The third kappa shape index (κ3) is 5.33. The number of anilines is 1. The van der Waals surface area contributed by atoms with Crippen molar-refractivity contribution in [2.24, 2.45) is 5.92 Å². The highest BCUT2D eigenvalue weighted by atomic mass is 16.6. The summed E-state index contributed by atoms with van der Waals surface area (Å²) in [6.45, 7) is 2.48. The van der Waals surface area contributed by atoms with E-state index in [0.717, 1.165) is 6.42 Å². The lowest BCUT2D eigenvalue weighted by Crippen LogP contribution is -2.10. The molecule has 7 nitrogen and oxygen atoms in total. The van der Waals surface area contributed by atoms with Crippen molar-refractivity contribution in [3.05, 3.63) is 28.4 Å². The smallest absolute Gasteiger partial charge is 0.311 e. The van der Waals surface area contributed by atoms with Gasteiger partial charge in [-0.25, -0.2) is 4.98 Å². The Morgan fingerprint density at radius 2 is 2.32 bits per heavy atom. The molecule has 0 aliphatic heterocycles. The molecule has 19 heavy (non-hydrogen) atoms. The maximum Gasteiger partial charge on any atom is 0.311 e. The molecule has 1 unspecified atom stereocenters. The van der Waals surface area contributed by atoms with E-state index >= 15 is 0 Å². The number of carboxylic acid groups (broad SMARTS) is 1. The molecule has 0 aliphatic carbocycles. The van der Waals surface area contributed by atoms with Gasteiger partial charge in [0.25, 0.3) is 0 Å². The van der Waals surface area contributed by atoms with E-state index in [1.165, 1.54) is 18.3 Å². The van der Waals surface area contributed by atoms with Crippen LogP contribution in [0.15, 0.2) is 18.3 Å². The van der Waals surface area contributed by atoms with Gasteiger partial charge < -0.3 is 10.4 Å². The minimum absolute atomic E-state index is 0.0549. The molecule has 0 spiro atoms. The predicted molar refractivity (Wildman–Crippen MR) is 70.0 cm³/mol. The lowest BCUT2D eigenvalue weighted by molar-refractivity contribution is -0.384. The van der Waals surface area contributed by atoms with E-state index in [-0.39, 0.29) is 23.8 Å². The number of hydrogen-bond donors (Lipinski definition) is 2. The molecule has 0 fully saturated rings. The van der Waals surface area contributed by atoms with Crippen LogP contribution in [0.1, 0.15) is 26.2 Å². The van der Waals surface area contributed by atoms with Crippen LogP contribution in [0, 0.1) is 16.0 Å². The molecule has 2 N–H and O–H groups in total. The van der Waals surface area contributed by atoms with Crippen molar-refractivity contribution < 1.29 is 14.8 Å². The highest BCUT2D eigenvalue weighted by Gasteiger charge is 2.13. The van der Waals surface area contributed by atoms with Gasteiger partial charge in [0.2, 0.25) is 5.82 Å². The molecule has 0 aliphatic rings. The number of carbonyl (C=O) groups is 1. The van der Waals surface area contributed by atoms with Crippen molar-refractivity contribution >= 4 is 17.5 Å². The van der Waals surface area contributed by atoms with Crippen LogP contribution in [0.2, 0.25) is 0 Å². The van der Waals surface area contributed by atoms with Gasteiger partial charge in [-0.1, -0.05) is 6.92 Å². The molecule has 0 amide bonds. The molecular formula is C12H17N3O4. The van der Waals surface area contributed by atoms with Gasteiger partial charge in [-0.15, -0.1) is 0 Å². The fourth-order valence-corrected chi connectivity index (χ4v) is 1.63. The standard InChI is InChI=1S/C12H17N3O4/c1-9(4-5-11(16)17)6-8-14-12-10(15(18)19)3-2-7-13-12/h2-3,7,9H,4-6,8H2,1H3,(H,13,14)(H,16,17). The van der Waals surface area contributed by atoms with Crippen LogP contribution in [-0.4, -0.2) is 27.5 Å². The van der Waals surface area contributed by atoms with Gasteiger partial charge in [0.15, 0.2) is 0 Å². The number of nitrogens with one attached hydrogen (secondary N) is 1. The Hall–Kier alpha value is -2.18. The Kier molecular flexibility index (Phi) is 5.72. The number of aromatic nitrogens is 1. The average molecular weight is 267 g/mol. The molecule has 1 heterocycles. The quantitative estimate of drug-likeness (QED) is 0.553. The van der Waals surface area contributed by atoms with Crippen molar-refractivity contribution in [3.8, 4) is 0 Å². The number of pyridine rings is 1. The Bertz CT molecular complexity index is 450. The molecule has 1 aromatic heterocycles. The molecule has 1 atom stereocenters. The lowest BCUT2D eigenvalue weighted by Gasteiger charge is -2.11. The van der Waals surface area contributed by atoms with Crippen LogP contribution in [0.5, 0.6) is 0 Å². The van der Waals surface area contributed by atoms with Crippen LogP contribution >= 0.6 is 0 Å². The van der Waals surface area contributed by atoms with E-state index in [4.69, 9.17) is 5.11 Å². The van der Waals surface area contributed by atoms with Crippen LogP contribution in [0.4, 0.5) is 11.5 Å². The second kappa shape index (κ2) is 7.30. The van der Waals surface area contributed by atoms with Crippen LogP contribution in [0.25, 0.3) is 0 Å². The largest absolute Gasteiger partial charge is 0.481 e. The van der Waals surface area contributed by atoms with Crippen molar-refractivity contribution in [3.63, 3.8) is 0 Å². The first-order valence-corrected chi connectivity index (χ1v) is 6.05. The average Bonchev–Trinajstić information content (AvgIpc) is 2.36. The zero-order valence-corrected chi connectivity index (χ0v) is 10.7. The maximum absolute atomic E-state index is 10.8. The number of aliphatic carboxylic acids is 1. The molecule has 0 radical (unpaired) electrons. The first kappa shape index (κ1) is 14.9. The zero-order valence-electron chi connectivity index (χ0n) is 10.7. The second-order valence-corrected chi connectivity index (χ2v) is 4.38. The van der Waals surface area contributed by atoms with Gasteiger partial charge in [0.05, 0.1) is 4.92 Å². The summed E-state index contributed by atoms with van der Waals surface area (Å²) in [5, 5.41) is 22.2. The molecule has 0 saturated carbocycles. The topological polar surface area (TPSA) is 105 Å². The second-order valence-electron chi connectivity index (χ2n) is 4.38. The Labute approximate surface area is 110 Å². The SMILES string of the molecule is CC(CCNc1ncccc1[N+](=O)[O-])CCC(=O)O. The molecule has 0 saturated heterocycles. The van der Waals surface area contributed by atoms with Crippen LogP contribution in [0.3, 0.4) is 0 Å². The summed E-state index contributed by atoms with van der Waals surface area (Å²) < 4.78 is 0. The van der Waals surface area contributed by atoms with E-state index in [1.807, 2.05) is 6.92 Å². The first-order chi connectivity index (χ1) is 9.00. The zero-order chi connectivity index (χ0) is 14.3. The van der Waals surface area contributed by atoms with Gasteiger partial charge in [-0.05, 0) is 24.8 Å². The van der Waals surface area contributed by atoms with E-state index in [2.05, 4.69) is 10.3 Å². The molecule has 1 rings (SSSR count). The third-order valence-electron chi connectivity index (χ3n) is 2.76. The van der Waals surface area contributed by atoms with Gasteiger partial charge in [-0.2, -0.15) is 0 Å². The van der Waals surface area contributed by atoms with Crippen molar-refractivity contribution in [1.29, 1.82) is 0 Å². The van der Waals surface area contributed by atoms with E-state index < -0.39 is 10.9 Å². The van der Waals surface area contributed by atoms with Gasteiger partial charge in [-0.3, -0.25) is 14.9 Å². The Morgan fingerprint density at radius 3 is 2.95 bits per heavy atom. The number of rotatable bonds is 8.